The van der Waals surface area contributed by atoms with Crippen molar-refractivity contribution in [1.29, 1.82) is 0 Å². The van der Waals surface area contributed by atoms with Gasteiger partial charge < -0.3 is 0 Å². The first-order valence-corrected chi connectivity index (χ1v) is 10.4. The fourth-order valence-corrected chi connectivity index (χ4v) is 3.67. The number of carbonyl (C=O) groups excluding carboxylic acids is 1. The summed E-state index contributed by atoms with van der Waals surface area (Å²) in [6.45, 7) is 3.93. The molecule has 0 N–H and O–H groups in total. The molecule has 3 aromatic rings. The average Bonchev–Trinajstić information content (AvgIpc) is 2.74. The summed E-state index contributed by atoms with van der Waals surface area (Å²) in [6.07, 6.45) is 6.27. The highest BCUT2D eigenvalue weighted by molar-refractivity contribution is 5.94. The highest BCUT2D eigenvalue weighted by atomic mass is 16.1. The molecule has 1 heteroatoms. The summed E-state index contributed by atoms with van der Waals surface area (Å²) in [4.78, 5) is 11.4. The Balaban J connectivity index is 1.46. The molecule has 0 aliphatic rings. The van der Waals surface area contributed by atoms with Gasteiger partial charge in [-0.1, -0.05) is 98.6 Å². The molecule has 0 radical (unpaired) electrons. The van der Waals surface area contributed by atoms with Crippen LogP contribution in [0.25, 0.3) is 11.1 Å². The van der Waals surface area contributed by atoms with Crippen LogP contribution in [0.15, 0.2) is 78.9 Å². The molecule has 0 aliphatic heterocycles. The number of Topliss-reactive ketones (excluding diaryl/α,β-unsaturated/α-hetero) is 1. The van der Waals surface area contributed by atoms with Crippen LogP contribution in [0.3, 0.4) is 0 Å². The van der Waals surface area contributed by atoms with E-state index in [2.05, 4.69) is 61.5 Å². The second-order valence-corrected chi connectivity index (χ2v) is 7.74. The van der Waals surface area contributed by atoms with Crippen LogP contribution >= 0.6 is 0 Å². The normalized spacial score (nSPS) is 11.9. The Hall–Kier alpha value is -2.67. The number of ketones is 1. The summed E-state index contributed by atoms with van der Waals surface area (Å²) in [5, 5.41) is 0. The van der Waals surface area contributed by atoms with Gasteiger partial charge in [-0.25, -0.2) is 0 Å². The van der Waals surface area contributed by atoms with E-state index >= 15 is 0 Å². The van der Waals surface area contributed by atoms with Gasteiger partial charge in [0, 0.05) is 5.56 Å². The Labute approximate surface area is 169 Å². The minimum atomic E-state index is 0.111. The standard InChI is InChI=1S/C27H30O/c1-21(9-5-3-6-10-23-11-7-4-8-12-23)24-13-17-26(18-14-24)27-19-15-25(16-20-27)22(2)28/h4,7-8,11-21H,3,5-6,9-10H2,1-2H3. The Morgan fingerprint density at radius 3 is 1.96 bits per heavy atom. The van der Waals surface area contributed by atoms with E-state index in [1.807, 2.05) is 24.3 Å². The van der Waals surface area contributed by atoms with Gasteiger partial charge >= 0.3 is 0 Å². The first-order chi connectivity index (χ1) is 13.6. The maximum atomic E-state index is 11.4. The molecule has 3 aromatic carbocycles. The predicted octanol–water partition coefficient (Wildman–Crippen LogP) is 7.46. The van der Waals surface area contributed by atoms with E-state index in [0.717, 1.165) is 11.1 Å². The maximum absolute atomic E-state index is 11.4. The topological polar surface area (TPSA) is 17.1 Å². The van der Waals surface area contributed by atoms with Gasteiger partial charge in [-0.3, -0.25) is 4.79 Å². The van der Waals surface area contributed by atoms with Crippen molar-refractivity contribution in [3.05, 3.63) is 95.6 Å². The average molecular weight is 371 g/mol. The minimum absolute atomic E-state index is 0.111. The van der Waals surface area contributed by atoms with Crippen molar-refractivity contribution in [2.45, 2.75) is 51.9 Å². The van der Waals surface area contributed by atoms with Crippen molar-refractivity contribution in [3.8, 4) is 11.1 Å². The van der Waals surface area contributed by atoms with Crippen LogP contribution in [0.2, 0.25) is 0 Å². The lowest BCUT2D eigenvalue weighted by Gasteiger charge is -2.13. The van der Waals surface area contributed by atoms with Crippen molar-refractivity contribution in [2.24, 2.45) is 0 Å². The first kappa shape index (κ1) is 20.1. The molecule has 0 amide bonds. The highest BCUT2D eigenvalue weighted by Crippen LogP contribution is 2.26. The Morgan fingerprint density at radius 2 is 1.36 bits per heavy atom. The monoisotopic (exact) mass is 370 g/mol. The van der Waals surface area contributed by atoms with E-state index in [4.69, 9.17) is 0 Å². The molecular weight excluding hydrogens is 340 g/mol. The van der Waals surface area contributed by atoms with Gasteiger partial charge in [-0.05, 0) is 54.4 Å². The van der Waals surface area contributed by atoms with Gasteiger partial charge in [0.25, 0.3) is 0 Å². The zero-order valence-corrected chi connectivity index (χ0v) is 17.0. The second-order valence-electron chi connectivity index (χ2n) is 7.74. The fraction of sp³-hybridized carbons (Fsp3) is 0.296. The van der Waals surface area contributed by atoms with Gasteiger partial charge in [0.1, 0.15) is 0 Å². The fourth-order valence-electron chi connectivity index (χ4n) is 3.67. The molecule has 0 bridgehead atoms. The van der Waals surface area contributed by atoms with Crippen molar-refractivity contribution < 1.29 is 4.79 Å². The molecule has 0 aromatic heterocycles. The Morgan fingerprint density at radius 1 is 0.750 bits per heavy atom. The number of hydrogen-bond donors (Lipinski definition) is 0. The number of benzene rings is 3. The number of hydrogen-bond acceptors (Lipinski definition) is 1. The third kappa shape index (κ3) is 5.66. The smallest absolute Gasteiger partial charge is 0.159 e. The lowest BCUT2D eigenvalue weighted by Crippen LogP contribution is -1.95. The second kappa shape index (κ2) is 10.0. The van der Waals surface area contributed by atoms with Crippen LogP contribution in [-0.2, 0) is 6.42 Å². The summed E-state index contributed by atoms with van der Waals surface area (Å²) in [7, 11) is 0. The van der Waals surface area contributed by atoms with E-state index in [-0.39, 0.29) is 5.78 Å². The molecule has 144 valence electrons. The molecule has 0 saturated heterocycles. The van der Waals surface area contributed by atoms with Gasteiger partial charge in [-0.15, -0.1) is 0 Å². The Kier molecular flexibility index (Phi) is 7.19. The molecule has 1 nitrogen and oxygen atoms in total. The van der Waals surface area contributed by atoms with E-state index in [1.165, 1.54) is 48.8 Å². The lowest BCUT2D eigenvalue weighted by atomic mass is 9.92. The van der Waals surface area contributed by atoms with Gasteiger partial charge in [0.2, 0.25) is 0 Å². The van der Waals surface area contributed by atoms with Crippen LogP contribution in [0.5, 0.6) is 0 Å². The number of unbranched alkanes of at least 4 members (excludes halogenated alkanes) is 2. The van der Waals surface area contributed by atoms with Crippen LogP contribution in [0.4, 0.5) is 0 Å². The summed E-state index contributed by atoms with van der Waals surface area (Å²) in [6, 6.07) is 27.5. The molecule has 3 rings (SSSR count). The van der Waals surface area contributed by atoms with Gasteiger partial charge in [0.15, 0.2) is 5.78 Å². The SMILES string of the molecule is CC(=O)c1ccc(-c2ccc(C(C)CCCCCc3ccccc3)cc2)cc1. The molecule has 0 saturated carbocycles. The molecule has 0 aliphatic carbocycles. The minimum Gasteiger partial charge on any atom is -0.295 e. The molecule has 1 unspecified atom stereocenters. The van der Waals surface area contributed by atoms with Crippen molar-refractivity contribution in [1.82, 2.24) is 0 Å². The zero-order valence-electron chi connectivity index (χ0n) is 17.0. The first-order valence-electron chi connectivity index (χ1n) is 10.4. The van der Waals surface area contributed by atoms with E-state index in [9.17, 15) is 4.79 Å². The van der Waals surface area contributed by atoms with Crippen molar-refractivity contribution in [2.75, 3.05) is 0 Å². The molecule has 0 spiro atoms. The van der Waals surface area contributed by atoms with Crippen LogP contribution < -0.4 is 0 Å². The third-order valence-electron chi connectivity index (χ3n) is 5.55. The van der Waals surface area contributed by atoms with Crippen LogP contribution in [0, 0.1) is 0 Å². The van der Waals surface area contributed by atoms with E-state index in [1.54, 1.807) is 6.92 Å². The zero-order chi connectivity index (χ0) is 19.8. The Bertz CT molecular complexity index is 860. The predicted molar refractivity (Wildman–Crippen MR) is 119 cm³/mol. The number of aryl methyl sites for hydroxylation is 1. The molecule has 1 atom stereocenters. The summed E-state index contributed by atoms with van der Waals surface area (Å²) in [5.74, 6) is 0.699. The largest absolute Gasteiger partial charge is 0.295 e. The van der Waals surface area contributed by atoms with Crippen molar-refractivity contribution >= 4 is 5.78 Å². The van der Waals surface area contributed by atoms with Gasteiger partial charge in [0.05, 0.1) is 0 Å². The van der Waals surface area contributed by atoms with Gasteiger partial charge in [-0.2, -0.15) is 0 Å². The molecular formula is C27H30O. The molecule has 28 heavy (non-hydrogen) atoms. The van der Waals surface area contributed by atoms with E-state index in [0.29, 0.717) is 5.92 Å². The van der Waals surface area contributed by atoms with Crippen molar-refractivity contribution in [3.63, 3.8) is 0 Å². The maximum Gasteiger partial charge on any atom is 0.159 e. The van der Waals surface area contributed by atoms with Crippen LogP contribution in [-0.4, -0.2) is 5.78 Å². The molecule has 0 heterocycles. The highest BCUT2D eigenvalue weighted by Gasteiger charge is 2.07. The number of rotatable bonds is 9. The molecule has 0 fully saturated rings. The quantitative estimate of drug-likeness (QED) is 0.282. The van der Waals surface area contributed by atoms with E-state index < -0.39 is 0 Å². The summed E-state index contributed by atoms with van der Waals surface area (Å²) in [5.41, 5.74) is 5.98. The summed E-state index contributed by atoms with van der Waals surface area (Å²) < 4.78 is 0. The van der Waals surface area contributed by atoms with Crippen LogP contribution in [0.1, 0.15) is 66.9 Å². The summed E-state index contributed by atoms with van der Waals surface area (Å²) >= 11 is 0. The lowest BCUT2D eigenvalue weighted by molar-refractivity contribution is 0.101. The third-order valence-corrected chi connectivity index (χ3v) is 5.55. The number of carbonyl (C=O) groups is 1.